The predicted molar refractivity (Wildman–Crippen MR) is 129 cm³/mol. The average molecular weight is 425 g/mol. The summed E-state index contributed by atoms with van der Waals surface area (Å²) >= 11 is 0. The molecule has 31 heavy (non-hydrogen) atoms. The molecule has 0 unspecified atom stereocenters. The van der Waals surface area contributed by atoms with Crippen LogP contribution in [0.4, 0.5) is 0 Å². The Morgan fingerprint density at radius 2 is 1.61 bits per heavy atom. The average Bonchev–Trinajstić information content (AvgIpc) is 3.09. The van der Waals surface area contributed by atoms with Crippen molar-refractivity contribution in [2.75, 3.05) is 0 Å². The van der Waals surface area contributed by atoms with Gasteiger partial charge in [0.25, 0.3) is 0 Å². The van der Waals surface area contributed by atoms with Crippen molar-refractivity contribution in [2.24, 2.45) is 52.3 Å². The molecule has 3 aliphatic rings. The van der Waals surface area contributed by atoms with Gasteiger partial charge in [-0.05, 0) is 104 Å². The lowest BCUT2D eigenvalue weighted by atomic mass is 9.45. The molecule has 3 saturated carbocycles. The minimum Gasteiger partial charge on any atom is -0.198 e. The van der Waals surface area contributed by atoms with Gasteiger partial charge in [0.15, 0.2) is 0 Å². The Morgan fingerprint density at radius 3 is 2.29 bits per heavy atom. The maximum atomic E-state index is 9.36. The van der Waals surface area contributed by atoms with E-state index in [0.717, 1.165) is 48.3 Å². The molecule has 0 aromatic heterocycles. The van der Waals surface area contributed by atoms with Crippen LogP contribution in [0.25, 0.3) is 0 Å². The largest absolute Gasteiger partial charge is 0.198 e. The molecule has 0 N–H and O–H groups in total. The Balaban J connectivity index is 1.75. The van der Waals surface area contributed by atoms with Crippen molar-refractivity contribution < 1.29 is 0 Å². The van der Waals surface area contributed by atoms with E-state index >= 15 is 0 Å². The first kappa shape index (κ1) is 24.6. The molecule has 0 aromatic rings. The summed E-state index contributed by atoms with van der Waals surface area (Å²) in [4.78, 5) is 0. The Morgan fingerprint density at radius 1 is 0.871 bits per heavy atom. The standard InChI is InChI=1S/C29H48N2/c1-21(2)9-6-10-22(3)25-14-15-26-24-13-12-23(11-7-19-30)28(4,17-8-20-31)27(24)16-18-29(25,26)5/h21-27H,6-18H2,1-5H3/t22-,23-,24-,25-,26-,27-,28-,29-/m1/s1. The molecular formula is C29H48N2. The fourth-order valence-corrected chi connectivity index (χ4v) is 8.99. The van der Waals surface area contributed by atoms with Crippen LogP contribution in [0.5, 0.6) is 0 Å². The lowest BCUT2D eigenvalue weighted by molar-refractivity contribution is -0.104. The van der Waals surface area contributed by atoms with Crippen LogP contribution < -0.4 is 0 Å². The van der Waals surface area contributed by atoms with Gasteiger partial charge >= 0.3 is 0 Å². The minimum atomic E-state index is 0.262. The van der Waals surface area contributed by atoms with E-state index in [1.165, 1.54) is 57.8 Å². The number of hydrogen-bond acceptors (Lipinski definition) is 2. The van der Waals surface area contributed by atoms with Gasteiger partial charge in [-0.2, -0.15) is 10.5 Å². The molecule has 3 rings (SSSR count). The molecule has 0 radical (unpaired) electrons. The van der Waals surface area contributed by atoms with Gasteiger partial charge < -0.3 is 0 Å². The van der Waals surface area contributed by atoms with Crippen molar-refractivity contribution in [3.8, 4) is 12.1 Å². The monoisotopic (exact) mass is 424 g/mol. The molecule has 0 bridgehead atoms. The van der Waals surface area contributed by atoms with Crippen LogP contribution in [-0.4, -0.2) is 0 Å². The number of nitrogens with zero attached hydrogens (tertiary/aromatic N) is 2. The van der Waals surface area contributed by atoms with Crippen LogP contribution in [0.1, 0.15) is 118 Å². The predicted octanol–water partition coefficient (Wildman–Crippen LogP) is 8.53. The van der Waals surface area contributed by atoms with Crippen LogP contribution in [-0.2, 0) is 0 Å². The maximum absolute atomic E-state index is 9.36. The molecule has 2 heteroatoms. The number of hydrogen-bond donors (Lipinski definition) is 0. The van der Waals surface area contributed by atoms with Gasteiger partial charge in [0.2, 0.25) is 0 Å². The first-order chi connectivity index (χ1) is 14.8. The summed E-state index contributed by atoms with van der Waals surface area (Å²) in [5.41, 5.74) is 0.797. The van der Waals surface area contributed by atoms with Crippen molar-refractivity contribution in [3.05, 3.63) is 0 Å². The van der Waals surface area contributed by atoms with E-state index in [1.807, 2.05) is 0 Å². The molecule has 174 valence electrons. The molecular weight excluding hydrogens is 376 g/mol. The summed E-state index contributed by atoms with van der Waals surface area (Å²) in [5.74, 6) is 5.76. The first-order valence-corrected chi connectivity index (χ1v) is 13.5. The van der Waals surface area contributed by atoms with Gasteiger partial charge in [0.05, 0.1) is 12.1 Å². The lowest BCUT2D eigenvalue weighted by Crippen LogP contribution is -2.52. The Bertz CT molecular complexity index is 669. The van der Waals surface area contributed by atoms with E-state index in [-0.39, 0.29) is 5.41 Å². The zero-order valence-electron chi connectivity index (χ0n) is 21.1. The normalized spacial score (nSPS) is 40.6. The van der Waals surface area contributed by atoms with Gasteiger partial charge in [0.1, 0.15) is 0 Å². The summed E-state index contributed by atoms with van der Waals surface area (Å²) < 4.78 is 0. The molecule has 0 aromatic carbocycles. The zero-order valence-corrected chi connectivity index (χ0v) is 21.1. The first-order valence-electron chi connectivity index (χ1n) is 13.5. The SMILES string of the molecule is CC(C)CCC[C@@H](C)[C@H]1CC[C@@H]2[C@H]3CC[C@@H](CCC#N)[C@@](C)(CCC#N)[C@@H]3CC[C@@]21C. The van der Waals surface area contributed by atoms with Crippen molar-refractivity contribution in [2.45, 2.75) is 118 Å². The summed E-state index contributed by atoms with van der Waals surface area (Å²) in [5, 5.41) is 18.6. The van der Waals surface area contributed by atoms with E-state index in [9.17, 15) is 10.5 Å². The van der Waals surface area contributed by atoms with E-state index in [2.05, 4.69) is 46.8 Å². The molecule has 2 nitrogen and oxygen atoms in total. The van der Waals surface area contributed by atoms with E-state index in [0.29, 0.717) is 24.2 Å². The van der Waals surface area contributed by atoms with Crippen molar-refractivity contribution in [3.63, 3.8) is 0 Å². The second-order valence-electron chi connectivity index (χ2n) is 12.5. The van der Waals surface area contributed by atoms with Crippen LogP contribution in [0.3, 0.4) is 0 Å². The Kier molecular flexibility index (Phi) is 8.16. The second kappa shape index (κ2) is 10.3. The lowest BCUT2D eigenvalue weighted by Gasteiger charge is -2.59. The van der Waals surface area contributed by atoms with Crippen molar-refractivity contribution >= 4 is 0 Å². The third-order valence-corrected chi connectivity index (χ3v) is 10.6. The number of fused-ring (bicyclic) bond motifs is 3. The van der Waals surface area contributed by atoms with Crippen LogP contribution in [0.15, 0.2) is 0 Å². The highest BCUT2D eigenvalue weighted by atomic mass is 14.6. The van der Waals surface area contributed by atoms with E-state index in [4.69, 9.17) is 0 Å². The van der Waals surface area contributed by atoms with E-state index < -0.39 is 0 Å². The molecule has 0 aliphatic heterocycles. The Hall–Kier alpha value is -1.02. The van der Waals surface area contributed by atoms with Gasteiger partial charge in [-0.25, -0.2) is 0 Å². The van der Waals surface area contributed by atoms with Crippen LogP contribution in [0, 0.1) is 74.9 Å². The van der Waals surface area contributed by atoms with Crippen LogP contribution in [0.2, 0.25) is 0 Å². The molecule has 3 fully saturated rings. The molecule has 0 amide bonds. The maximum Gasteiger partial charge on any atom is 0.0621 e. The van der Waals surface area contributed by atoms with Crippen molar-refractivity contribution in [1.82, 2.24) is 0 Å². The van der Waals surface area contributed by atoms with Crippen LogP contribution >= 0.6 is 0 Å². The molecule has 8 atom stereocenters. The number of rotatable bonds is 9. The van der Waals surface area contributed by atoms with Gasteiger partial charge in [-0.1, -0.05) is 53.9 Å². The zero-order chi connectivity index (χ0) is 22.6. The molecule has 0 spiro atoms. The summed E-state index contributed by atoms with van der Waals surface area (Å²) in [7, 11) is 0. The number of nitriles is 2. The second-order valence-corrected chi connectivity index (χ2v) is 12.5. The fourth-order valence-electron chi connectivity index (χ4n) is 8.99. The molecule has 3 aliphatic carbocycles. The Labute approximate surface area is 193 Å². The quantitative estimate of drug-likeness (QED) is 0.372. The van der Waals surface area contributed by atoms with E-state index in [1.54, 1.807) is 0 Å². The molecule has 0 heterocycles. The third-order valence-electron chi connectivity index (χ3n) is 10.6. The highest BCUT2D eigenvalue weighted by molar-refractivity contribution is 5.09. The van der Waals surface area contributed by atoms with Gasteiger partial charge in [0, 0.05) is 12.8 Å². The summed E-state index contributed by atoms with van der Waals surface area (Å²) in [6.07, 6.45) is 15.9. The summed E-state index contributed by atoms with van der Waals surface area (Å²) in [6, 6.07) is 4.85. The minimum absolute atomic E-state index is 0.262. The van der Waals surface area contributed by atoms with Crippen molar-refractivity contribution in [1.29, 1.82) is 10.5 Å². The third kappa shape index (κ3) is 4.85. The van der Waals surface area contributed by atoms with Gasteiger partial charge in [-0.3, -0.25) is 0 Å². The van der Waals surface area contributed by atoms with Gasteiger partial charge in [-0.15, -0.1) is 0 Å². The highest BCUT2D eigenvalue weighted by Crippen LogP contribution is 2.67. The topological polar surface area (TPSA) is 47.6 Å². The highest BCUT2D eigenvalue weighted by Gasteiger charge is 2.59. The summed E-state index contributed by atoms with van der Waals surface area (Å²) in [6.45, 7) is 12.4. The molecule has 0 saturated heterocycles. The smallest absolute Gasteiger partial charge is 0.0621 e. The fraction of sp³-hybridized carbons (Fsp3) is 0.931.